The van der Waals surface area contributed by atoms with Gasteiger partial charge in [0, 0.05) is 19.5 Å². The molecule has 1 amide bonds. The van der Waals surface area contributed by atoms with Crippen molar-refractivity contribution in [2.45, 2.75) is 18.4 Å². The summed E-state index contributed by atoms with van der Waals surface area (Å²) in [5.41, 5.74) is 2.40. The number of carbonyl (C=O) groups is 1. The summed E-state index contributed by atoms with van der Waals surface area (Å²) in [6.45, 7) is 1.50. The second kappa shape index (κ2) is 6.32. The van der Waals surface area contributed by atoms with Crippen LogP contribution in [0.5, 0.6) is 0 Å². The van der Waals surface area contributed by atoms with E-state index >= 15 is 0 Å². The van der Waals surface area contributed by atoms with Gasteiger partial charge < -0.3 is 10.2 Å². The van der Waals surface area contributed by atoms with E-state index in [2.05, 4.69) is 29.6 Å². The predicted octanol–water partition coefficient (Wildman–Crippen LogP) is 2.58. The molecule has 3 heteroatoms. The van der Waals surface area contributed by atoms with Gasteiger partial charge in [-0.25, -0.2) is 0 Å². The van der Waals surface area contributed by atoms with Gasteiger partial charge in [0.05, 0.1) is 5.54 Å². The van der Waals surface area contributed by atoms with Crippen LogP contribution >= 0.6 is 0 Å². The molecule has 0 spiro atoms. The molecule has 1 heterocycles. The molecule has 22 heavy (non-hydrogen) atoms. The molecule has 0 bridgehead atoms. The summed E-state index contributed by atoms with van der Waals surface area (Å²) in [7, 11) is 1.97. The van der Waals surface area contributed by atoms with Crippen molar-refractivity contribution in [2.24, 2.45) is 0 Å². The number of aryl methyl sites for hydroxylation is 1. The van der Waals surface area contributed by atoms with Gasteiger partial charge in [-0.3, -0.25) is 4.79 Å². The molecule has 0 radical (unpaired) electrons. The topological polar surface area (TPSA) is 32.3 Å². The molecule has 0 saturated carbocycles. The third kappa shape index (κ3) is 2.90. The molecule has 1 aliphatic rings. The molecule has 2 aromatic rings. The fourth-order valence-electron chi connectivity index (χ4n) is 3.08. The average molecular weight is 294 g/mol. The van der Waals surface area contributed by atoms with E-state index in [0.29, 0.717) is 6.42 Å². The summed E-state index contributed by atoms with van der Waals surface area (Å²) in [5, 5.41) is 3.40. The number of nitrogens with one attached hydrogen (secondary N) is 1. The van der Waals surface area contributed by atoms with Crippen molar-refractivity contribution in [2.75, 3.05) is 20.1 Å². The molecule has 114 valence electrons. The number of carbonyl (C=O) groups excluding carboxylic acids is 1. The zero-order chi connectivity index (χ0) is 15.4. The Bertz CT molecular complexity index is 618. The normalized spacial score (nSPS) is 16.1. The number of nitrogens with zero attached hydrogens (tertiary/aromatic N) is 1. The van der Waals surface area contributed by atoms with Crippen LogP contribution in [0.3, 0.4) is 0 Å². The molecule has 0 aromatic heterocycles. The van der Waals surface area contributed by atoms with E-state index in [-0.39, 0.29) is 11.4 Å². The monoisotopic (exact) mass is 294 g/mol. The second-order valence-corrected chi connectivity index (χ2v) is 5.93. The Morgan fingerprint density at radius 1 is 1.05 bits per heavy atom. The van der Waals surface area contributed by atoms with Gasteiger partial charge in [-0.15, -0.1) is 0 Å². The Kier molecular flexibility index (Phi) is 4.25. The minimum Gasteiger partial charge on any atom is -0.338 e. The van der Waals surface area contributed by atoms with E-state index in [1.165, 1.54) is 11.1 Å². The largest absolute Gasteiger partial charge is 0.338 e. The highest BCUT2D eigenvalue weighted by Gasteiger charge is 2.44. The van der Waals surface area contributed by atoms with Gasteiger partial charge in [-0.1, -0.05) is 60.7 Å². The van der Waals surface area contributed by atoms with E-state index < -0.39 is 0 Å². The minimum absolute atomic E-state index is 0.0797. The van der Waals surface area contributed by atoms with Gasteiger partial charge in [0.25, 0.3) is 0 Å². The van der Waals surface area contributed by atoms with Gasteiger partial charge in [-0.05, 0) is 24.6 Å². The molecular formula is C19H22N2O. The molecule has 1 saturated heterocycles. The maximum Gasteiger partial charge on any atom is 0.223 e. The standard InChI is InChI=1S/C19H22N2O/c1-20-19(17-10-6-3-7-11-17)14-21(15-19)18(22)13-12-16-8-4-2-5-9-16/h2-11,20H,12-15H2,1H3. The molecular weight excluding hydrogens is 272 g/mol. The maximum absolute atomic E-state index is 12.3. The fraction of sp³-hybridized carbons (Fsp3) is 0.316. The highest BCUT2D eigenvalue weighted by molar-refractivity contribution is 5.78. The number of amides is 1. The smallest absolute Gasteiger partial charge is 0.223 e. The zero-order valence-electron chi connectivity index (χ0n) is 13.0. The molecule has 3 nitrogen and oxygen atoms in total. The SMILES string of the molecule is CNC1(c2ccccc2)CN(C(=O)CCc2ccccc2)C1. The van der Waals surface area contributed by atoms with Gasteiger partial charge in [0.15, 0.2) is 0 Å². The Balaban J connectivity index is 1.57. The lowest BCUT2D eigenvalue weighted by atomic mass is 9.82. The third-order valence-electron chi connectivity index (χ3n) is 4.55. The molecule has 0 unspecified atom stereocenters. The first-order chi connectivity index (χ1) is 10.7. The van der Waals surface area contributed by atoms with Crippen LogP contribution in [0.15, 0.2) is 60.7 Å². The van der Waals surface area contributed by atoms with E-state index in [1.807, 2.05) is 48.3 Å². The Morgan fingerprint density at radius 2 is 1.64 bits per heavy atom. The van der Waals surface area contributed by atoms with Crippen LogP contribution in [0.25, 0.3) is 0 Å². The third-order valence-corrected chi connectivity index (χ3v) is 4.55. The van der Waals surface area contributed by atoms with Crippen molar-refractivity contribution >= 4 is 5.91 Å². The summed E-state index contributed by atoms with van der Waals surface area (Å²) in [5.74, 6) is 0.241. The van der Waals surface area contributed by atoms with Crippen LogP contribution < -0.4 is 5.32 Å². The lowest BCUT2D eigenvalue weighted by Gasteiger charge is -2.50. The Morgan fingerprint density at radius 3 is 2.23 bits per heavy atom. The van der Waals surface area contributed by atoms with Crippen molar-refractivity contribution in [3.8, 4) is 0 Å². The Labute approximate surface area is 132 Å². The fourth-order valence-corrected chi connectivity index (χ4v) is 3.08. The van der Waals surface area contributed by atoms with Gasteiger partial charge in [0.2, 0.25) is 5.91 Å². The number of likely N-dealkylation sites (tertiary alicyclic amines) is 1. The van der Waals surface area contributed by atoms with Crippen molar-refractivity contribution < 1.29 is 4.79 Å². The van der Waals surface area contributed by atoms with Gasteiger partial charge in [-0.2, -0.15) is 0 Å². The number of benzene rings is 2. The molecule has 1 aliphatic heterocycles. The van der Waals surface area contributed by atoms with Crippen LogP contribution in [0.2, 0.25) is 0 Å². The van der Waals surface area contributed by atoms with E-state index in [4.69, 9.17) is 0 Å². The molecule has 0 aliphatic carbocycles. The van der Waals surface area contributed by atoms with E-state index in [1.54, 1.807) is 0 Å². The van der Waals surface area contributed by atoms with Crippen molar-refractivity contribution in [3.63, 3.8) is 0 Å². The molecule has 1 N–H and O–H groups in total. The summed E-state index contributed by atoms with van der Waals surface area (Å²) < 4.78 is 0. The average Bonchev–Trinajstić information content (AvgIpc) is 2.54. The highest BCUT2D eigenvalue weighted by atomic mass is 16.2. The predicted molar refractivity (Wildman–Crippen MR) is 88.5 cm³/mol. The van der Waals surface area contributed by atoms with Gasteiger partial charge >= 0.3 is 0 Å². The molecule has 1 fully saturated rings. The van der Waals surface area contributed by atoms with Crippen molar-refractivity contribution in [1.29, 1.82) is 0 Å². The zero-order valence-corrected chi connectivity index (χ0v) is 13.0. The number of hydrogen-bond donors (Lipinski definition) is 1. The summed E-state index contributed by atoms with van der Waals surface area (Å²) in [6, 6.07) is 20.6. The maximum atomic E-state index is 12.3. The number of rotatable bonds is 5. The first-order valence-corrected chi connectivity index (χ1v) is 7.80. The van der Waals surface area contributed by atoms with Crippen LogP contribution in [-0.4, -0.2) is 30.9 Å². The lowest BCUT2D eigenvalue weighted by Crippen LogP contribution is -2.67. The summed E-state index contributed by atoms with van der Waals surface area (Å²) in [4.78, 5) is 14.3. The van der Waals surface area contributed by atoms with E-state index in [0.717, 1.165) is 19.5 Å². The first-order valence-electron chi connectivity index (χ1n) is 7.80. The van der Waals surface area contributed by atoms with Crippen molar-refractivity contribution in [1.82, 2.24) is 10.2 Å². The van der Waals surface area contributed by atoms with Crippen LogP contribution in [-0.2, 0) is 16.8 Å². The Hall–Kier alpha value is -2.13. The van der Waals surface area contributed by atoms with Crippen molar-refractivity contribution in [3.05, 3.63) is 71.8 Å². The molecule has 0 atom stereocenters. The lowest BCUT2D eigenvalue weighted by molar-refractivity contribution is -0.140. The van der Waals surface area contributed by atoms with Gasteiger partial charge in [0.1, 0.15) is 0 Å². The molecule has 3 rings (SSSR count). The van der Waals surface area contributed by atoms with E-state index in [9.17, 15) is 4.79 Å². The number of hydrogen-bond acceptors (Lipinski definition) is 2. The van der Waals surface area contributed by atoms with Crippen LogP contribution in [0, 0.1) is 0 Å². The highest BCUT2D eigenvalue weighted by Crippen LogP contribution is 2.32. The van der Waals surface area contributed by atoms with Crippen LogP contribution in [0.1, 0.15) is 17.5 Å². The summed E-state index contributed by atoms with van der Waals surface area (Å²) >= 11 is 0. The quantitative estimate of drug-likeness (QED) is 0.919. The number of likely N-dealkylation sites (N-methyl/N-ethyl adjacent to an activating group) is 1. The molecule has 2 aromatic carbocycles. The summed E-state index contributed by atoms with van der Waals surface area (Å²) in [6.07, 6.45) is 1.40. The van der Waals surface area contributed by atoms with Crippen LogP contribution in [0.4, 0.5) is 0 Å². The second-order valence-electron chi connectivity index (χ2n) is 5.93. The minimum atomic E-state index is -0.0797. The first kappa shape index (κ1) is 14.8.